The molecule has 0 aliphatic rings. The highest BCUT2D eigenvalue weighted by Gasteiger charge is 2.13. The minimum absolute atomic E-state index is 0.0979. The van der Waals surface area contributed by atoms with Crippen LogP contribution in [0.3, 0.4) is 0 Å². The minimum Gasteiger partial charge on any atom is -0.457 e. The molecule has 0 saturated heterocycles. The molecule has 1 aromatic heterocycles. The normalized spacial score (nSPS) is 9.75. The Labute approximate surface area is 91.4 Å². The lowest BCUT2D eigenvalue weighted by Gasteiger charge is -2.03. The molecule has 4 heteroatoms. The number of benzene rings is 1. The van der Waals surface area contributed by atoms with Crippen molar-refractivity contribution in [3.05, 3.63) is 54.0 Å². The predicted molar refractivity (Wildman–Crippen MR) is 55.5 cm³/mol. The molecule has 0 N–H and O–H groups in total. The smallest absolute Gasteiger partial charge is 0.379 e. The van der Waals surface area contributed by atoms with Crippen LogP contribution < -0.4 is 4.74 Å². The van der Waals surface area contributed by atoms with Crippen molar-refractivity contribution in [1.29, 1.82) is 0 Å². The van der Waals surface area contributed by atoms with E-state index in [1.54, 1.807) is 30.3 Å². The van der Waals surface area contributed by atoms with Crippen LogP contribution in [0.2, 0.25) is 0 Å². The van der Waals surface area contributed by atoms with Gasteiger partial charge in [0, 0.05) is 0 Å². The third kappa shape index (κ3) is 2.00. The van der Waals surface area contributed by atoms with Crippen LogP contribution in [-0.4, -0.2) is 12.3 Å². The molecule has 0 aliphatic heterocycles. The summed E-state index contributed by atoms with van der Waals surface area (Å²) in [5, 5.41) is 0. The van der Waals surface area contributed by atoms with Gasteiger partial charge in [0.25, 0.3) is 0 Å². The Morgan fingerprint density at radius 2 is 2.00 bits per heavy atom. The monoisotopic (exact) mass is 216 g/mol. The van der Waals surface area contributed by atoms with Crippen LogP contribution in [0.4, 0.5) is 0 Å². The van der Waals surface area contributed by atoms with E-state index >= 15 is 0 Å². The van der Waals surface area contributed by atoms with Crippen molar-refractivity contribution in [1.82, 2.24) is 0 Å². The standard InChI is InChI=1S/C12H8O4/c13-8-9-4-1-2-5-10(9)16-12(14)11-6-3-7-15-11/h1-8H. The average molecular weight is 216 g/mol. The van der Waals surface area contributed by atoms with Crippen LogP contribution in [0.5, 0.6) is 5.75 Å². The first-order valence-electron chi connectivity index (χ1n) is 4.61. The lowest BCUT2D eigenvalue weighted by Crippen LogP contribution is -2.08. The van der Waals surface area contributed by atoms with Gasteiger partial charge in [0.2, 0.25) is 5.76 Å². The van der Waals surface area contributed by atoms with Crippen LogP contribution in [0.25, 0.3) is 0 Å². The highest BCUT2D eigenvalue weighted by molar-refractivity contribution is 5.90. The van der Waals surface area contributed by atoms with Crippen LogP contribution in [-0.2, 0) is 0 Å². The predicted octanol–water partition coefficient (Wildman–Crippen LogP) is 2.31. The number of esters is 1. The Hall–Kier alpha value is -2.36. The van der Waals surface area contributed by atoms with Gasteiger partial charge in [0.1, 0.15) is 5.75 Å². The van der Waals surface area contributed by atoms with E-state index < -0.39 is 5.97 Å². The summed E-state index contributed by atoms with van der Waals surface area (Å²) in [5.74, 6) is -0.307. The number of carbonyl (C=O) groups is 2. The van der Waals surface area contributed by atoms with Gasteiger partial charge in [-0.1, -0.05) is 12.1 Å². The lowest BCUT2D eigenvalue weighted by atomic mass is 10.2. The third-order valence-corrected chi connectivity index (χ3v) is 1.97. The van der Waals surface area contributed by atoms with Gasteiger partial charge in [0.15, 0.2) is 6.29 Å². The molecule has 0 unspecified atom stereocenters. The number of hydrogen-bond acceptors (Lipinski definition) is 4. The second-order valence-corrected chi connectivity index (χ2v) is 3.02. The second kappa shape index (κ2) is 4.44. The molecule has 0 bridgehead atoms. The van der Waals surface area contributed by atoms with Gasteiger partial charge in [-0.3, -0.25) is 4.79 Å². The Kier molecular flexibility index (Phi) is 2.82. The zero-order valence-corrected chi connectivity index (χ0v) is 8.25. The van der Waals surface area contributed by atoms with E-state index in [0.717, 1.165) is 0 Å². The minimum atomic E-state index is -0.626. The van der Waals surface area contributed by atoms with Crippen LogP contribution in [0.15, 0.2) is 47.1 Å². The van der Waals surface area contributed by atoms with Crippen LogP contribution >= 0.6 is 0 Å². The summed E-state index contributed by atoms with van der Waals surface area (Å²) < 4.78 is 9.89. The fraction of sp³-hybridized carbons (Fsp3) is 0. The van der Waals surface area contributed by atoms with Crippen LogP contribution in [0.1, 0.15) is 20.9 Å². The molecule has 16 heavy (non-hydrogen) atoms. The van der Waals surface area contributed by atoms with Crippen molar-refractivity contribution in [2.45, 2.75) is 0 Å². The Balaban J connectivity index is 2.21. The zero-order valence-electron chi connectivity index (χ0n) is 8.25. The largest absolute Gasteiger partial charge is 0.457 e. The summed E-state index contributed by atoms with van der Waals surface area (Å²) in [5.41, 5.74) is 0.322. The van der Waals surface area contributed by atoms with Gasteiger partial charge < -0.3 is 9.15 Å². The van der Waals surface area contributed by atoms with Crippen molar-refractivity contribution in [3.63, 3.8) is 0 Å². The molecule has 0 radical (unpaired) electrons. The molecule has 0 atom stereocenters. The molecule has 0 aliphatic carbocycles. The number of rotatable bonds is 3. The molecule has 1 aromatic carbocycles. The molecule has 2 rings (SSSR count). The quantitative estimate of drug-likeness (QED) is 0.448. The highest BCUT2D eigenvalue weighted by Crippen LogP contribution is 2.17. The molecule has 0 fully saturated rings. The maximum Gasteiger partial charge on any atom is 0.379 e. The molecule has 80 valence electrons. The fourth-order valence-corrected chi connectivity index (χ4v) is 1.22. The number of ether oxygens (including phenoxy) is 1. The Morgan fingerprint density at radius 1 is 1.19 bits per heavy atom. The first-order valence-corrected chi connectivity index (χ1v) is 4.61. The SMILES string of the molecule is O=Cc1ccccc1OC(=O)c1ccco1. The lowest BCUT2D eigenvalue weighted by molar-refractivity contribution is 0.0700. The highest BCUT2D eigenvalue weighted by atomic mass is 16.5. The summed E-state index contributed by atoms with van der Waals surface area (Å²) in [4.78, 5) is 22.2. The Bertz CT molecular complexity index is 499. The molecule has 0 saturated carbocycles. The summed E-state index contributed by atoms with van der Waals surface area (Å²) in [6.07, 6.45) is 2.01. The zero-order chi connectivity index (χ0) is 11.4. The molecule has 4 nitrogen and oxygen atoms in total. The van der Waals surface area contributed by atoms with Crippen molar-refractivity contribution < 1.29 is 18.7 Å². The molecule has 0 amide bonds. The van der Waals surface area contributed by atoms with E-state index in [-0.39, 0.29) is 11.5 Å². The maximum atomic E-state index is 11.5. The van der Waals surface area contributed by atoms with Gasteiger partial charge in [-0.2, -0.15) is 0 Å². The van der Waals surface area contributed by atoms with E-state index in [0.29, 0.717) is 11.8 Å². The van der Waals surface area contributed by atoms with Crippen molar-refractivity contribution in [2.24, 2.45) is 0 Å². The van der Waals surface area contributed by atoms with Gasteiger partial charge >= 0.3 is 5.97 Å². The summed E-state index contributed by atoms with van der Waals surface area (Å²) >= 11 is 0. The number of furan rings is 1. The fourth-order valence-electron chi connectivity index (χ4n) is 1.22. The maximum absolute atomic E-state index is 11.5. The number of carbonyl (C=O) groups excluding carboxylic acids is 2. The van der Waals surface area contributed by atoms with Crippen molar-refractivity contribution in [3.8, 4) is 5.75 Å². The summed E-state index contributed by atoms with van der Waals surface area (Å²) in [6.45, 7) is 0. The van der Waals surface area contributed by atoms with Crippen LogP contribution in [0, 0.1) is 0 Å². The molecule has 2 aromatic rings. The number of para-hydroxylation sites is 1. The van der Waals surface area contributed by atoms with E-state index in [4.69, 9.17) is 9.15 Å². The average Bonchev–Trinajstić information content (AvgIpc) is 2.83. The summed E-state index contributed by atoms with van der Waals surface area (Å²) in [7, 11) is 0. The number of aldehydes is 1. The number of hydrogen-bond donors (Lipinski definition) is 0. The van der Waals surface area contributed by atoms with Gasteiger partial charge in [-0.25, -0.2) is 4.79 Å². The van der Waals surface area contributed by atoms with E-state index in [1.165, 1.54) is 12.3 Å². The molecular weight excluding hydrogens is 208 g/mol. The molecule has 0 spiro atoms. The Morgan fingerprint density at radius 3 is 2.69 bits per heavy atom. The van der Waals surface area contributed by atoms with Crippen molar-refractivity contribution >= 4 is 12.3 Å². The van der Waals surface area contributed by atoms with Gasteiger partial charge in [0.05, 0.1) is 11.8 Å². The first-order chi connectivity index (χ1) is 7.81. The van der Waals surface area contributed by atoms with E-state index in [9.17, 15) is 9.59 Å². The topological polar surface area (TPSA) is 56.5 Å². The molecule has 1 heterocycles. The first kappa shape index (κ1) is 10.2. The van der Waals surface area contributed by atoms with Crippen molar-refractivity contribution in [2.75, 3.05) is 0 Å². The second-order valence-electron chi connectivity index (χ2n) is 3.02. The summed E-state index contributed by atoms with van der Waals surface area (Å²) in [6, 6.07) is 9.56. The van der Waals surface area contributed by atoms with E-state index in [2.05, 4.69) is 0 Å². The third-order valence-electron chi connectivity index (χ3n) is 1.97. The van der Waals surface area contributed by atoms with Gasteiger partial charge in [-0.05, 0) is 24.3 Å². The van der Waals surface area contributed by atoms with E-state index in [1.807, 2.05) is 0 Å². The van der Waals surface area contributed by atoms with Gasteiger partial charge in [-0.15, -0.1) is 0 Å². The molecular formula is C12H8O4.